The smallest absolute Gasteiger partial charge is 0.323 e. The molecule has 14 heavy (non-hydrogen) atoms. The van der Waals surface area contributed by atoms with E-state index in [2.05, 4.69) is 0 Å². The molecule has 0 saturated heterocycles. The molecular formula is C7H20O5Si2. The lowest BCUT2D eigenvalue weighted by atomic mass is 11.4. The molecule has 0 aromatic rings. The zero-order valence-corrected chi connectivity index (χ0v) is 11.2. The van der Waals surface area contributed by atoms with E-state index in [0.717, 1.165) is 0 Å². The Balaban J connectivity index is 4.05. The lowest BCUT2D eigenvalue weighted by molar-refractivity contribution is 0.0140. The van der Waals surface area contributed by atoms with Crippen LogP contribution >= 0.6 is 0 Å². The van der Waals surface area contributed by atoms with E-state index < -0.39 is 16.9 Å². The normalized spacial score (nSPS) is 13.3. The molecule has 0 heterocycles. The molecule has 0 unspecified atom stereocenters. The summed E-state index contributed by atoms with van der Waals surface area (Å²) in [5, 5.41) is 17.2. The van der Waals surface area contributed by atoms with Crippen molar-refractivity contribution in [3.05, 3.63) is 0 Å². The molecule has 0 atom stereocenters. The van der Waals surface area contributed by atoms with E-state index in [-0.39, 0.29) is 13.6 Å². The van der Waals surface area contributed by atoms with Gasteiger partial charge in [0.25, 0.3) is 0 Å². The molecule has 2 N–H and O–H groups in total. The Morgan fingerprint density at radius 3 is 2.00 bits per heavy atom. The van der Waals surface area contributed by atoms with Gasteiger partial charge in [-0.15, -0.1) is 0 Å². The lowest BCUT2D eigenvalue weighted by Gasteiger charge is -2.32. The first-order chi connectivity index (χ1) is 6.33. The van der Waals surface area contributed by atoms with E-state index in [9.17, 15) is 0 Å². The van der Waals surface area contributed by atoms with Crippen LogP contribution in [0.15, 0.2) is 0 Å². The summed E-state index contributed by atoms with van der Waals surface area (Å²) in [6.07, 6.45) is 0.425. The zero-order valence-electron chi connectivity index (χ0n) is 9.24. The largest absolute Gasteiger partial charge is 0.434 e. The maximum atomic E-state index is 8.65. The molecule has 0 fully saturated rings. The summed E-state index contributed by atoms with van der Waals surface area (Å²) in [6.45, 7) is 7.11. The Morgan fingerprint density at radius 2 is 1.57 bits per heavy atom. The molecule has 0 aliphatic heterocycles. The first kappa shape index (κ1) is 14.2. The van der Waals surface area contributed by atoms with Crippen LogP contribution in [0.3, 0.4) is 0 Å². The van der Waals surface area contributed by atoms with Crippen molar-refractivity contribution >= 4 is 16.9 Å². The summed E-state index contributed by atoms with van der Waals surface area (Å²) in [5.74, 6) is 0. The Labute approximate surface area is 87.0 Å². The highest BCUT2D eigenvalue weighted by molar-refractivity contribution is 6.82. The molecular weight excluding hydrogens is 220 g/mol. The molecule has 86 valence electrons. The molecule has 0 aliphatic rings. The topological polar surface area (TPSA) is 68.2 Å². The quantitative estimate of drug-likeness (QED) is 0.497. The average Bonchev–Trinajstić information content (AvgIpc) is 1.98. The van der Waals surface area contributed by atoms with Gasteiger partial charge < -0.3 is 23.5 Å². The fourth-order valence-corrected chi connectivity index (χ4v) is 7.86. The van der Waals surface area contributed by atoms with Crippen LogP contribution in [0.5, 0.6) is 0 Å². The van der Waals surface area contributed by atoms with Gasteiger partial charge in [-0.3, -0.25) is 0 Å². The third kappa shape index (κ3) is 6.65. The van der Waals surface area contributed by atoms with E-state index in [4.69, 9.17) is 23.5 Å². The van der Waals surface area contributed by atoms with Crippen LogP contribution < -0.4 is 0 Å². The van der Waals surface area contributed by atoms with Gasteiger partial charge in [0, 0.05) is 0 Å². The molecule has 0 spiro atoms. The average molecular weight is 240 g/mol. The molecule has 5 nitrogen and oxygen atoms in total. The first-order valence-electron chi connectivity index (χ1n) is 4.46. The van der Waals surface area contributed by atoms with Crippen molar-refractivity contribution < 1.29 is 23.5 Å². The number of aliphatic hydroxyl groups excluding tert-OH is 2. The predicted molar refractivity (Wildman–Crippen MR) is 57.3 cm³/mol. The fraction of sp³-hybridized carbons (Fsp3) is 1.00. The standard InChI is InChI=1S/C7H20O5Si2/c1-13(2,7-10-5-8)12-14(3,4)11-6-9/h8-9H,5-7H2,1-4H3. The summed E-state index contributed by atoms with van der Waals surface area (Å²) >= 11 is 0. The van der Waals surface area contributed by atoms with Gasteiger partial charge in [0.15, 0.2) is 0 Å². The van der Waals surface area contributed by atoms with E-state index >= 15 is 0 Å². The highest BCUT2D eigenvalue weighted by Gasteiger charge is 2.34. The van der Waals surface area contributed by atoms with Gasteiger partial charge in [-0.25, -0.2) is 0 Å². The van der Waals surface area contributed by atoms with Crippen LogP contribution in [-0.4, -0.2) is 46.9 Å². The molecule has 0 amide bonds. The SMILES string of the molecule is C[Si](C)(COCO)O[Si](C)(C)OCO. The molecule has 0 aliphatic carbocycles. The highest BCUT2D eigenvalue weighted by atomic mass is 28.4. The minimum atomic E-state index is -2.24. The van der Waals surface area contributed by atoms with Crippen LogP contribution in [-0.2, 0) is 13.3 Å². The Hall–Kier alpha value is 0.234. The Kier molecular flexibility index (Phi) is 6.06. The predicted octanol–water partition coefficient (Wildman–Crippen LogP) is 0.382. The number of aliphatic hydroxyl groups is 2. The van der Waals surface area contributed by atoms with Gasteiger partial charge in [-0.2, -0.15) is 0 Å². The third-order valence-corrected chi connectivity index (χ3v) is 7.38. The van der Waals surface area contributed by atoms with Crippen molar-refractivity contribution in [2.75, 3.05) is 19.8 Å². The summed E-state index contributed by atoms with van der Waals surface area (Å²) in [4.78, 5) is 0. The van der Waals surface area contributed by atoms with Crippen molar-refractivity contribution in [3.8, 4) is 0 Å². The molecule has 0 aromatic heterocycles. The summed E-state index contributed by atoms with van der Waals surface area (Å²) in [7, 11) is -4.19. The maximum absolute atomic E-state index is 8.65. The number of hydrogen-bond donors (Lipinski definition) is 2. The zero-order chi connectivity index (χ0) is 11.2. The maximum Gasteiger partial charge on any atom is 0.323 e. The minimum Gasteiger partial charge on any atom is -0.434 e. The van der Waals surface area contributed by atoms with Gasteiger partial charge >= 0.3 is 8.56 Å². The van der Waals surface area contributed by atoms with Gasteiger partial charge in [0.2, 0.25) is 8.32 Å². The van der Waals surface area contributed by atoms with E-state index in [1.165, 1.54) is 0 Å². The second-order valence-corrected chi connectivity index (χ2v) is 11.7. The van der Waals surface area contributed by atoms with Crippen molar-refractivity contribution in [2.45, 2.75) is 26.2 Å². The monoisotopic (exact) mass is 240 g/mol. The van der Waals surface area contributed by atoms with Crippen LogP contribution in [0.2, 0.25) is 26.2 Å². The van der Waals surface area contributed by atoms with Crippen LogP contribution in [0.4, 0.5) is 0 Å². The second kappa shape index (κ2) is 5.96. The number of ether oxygens (including phenoxy) is 1. The molecule has 0 rings (SSSR count). The Morgan fingerprint density at radius 1 is 1.00 bits per heavy atom. The summed E-state index contributed by atoms with van der Waals surface area (Å²) in [5.41, 5.74) is 0. The van der Waals surface area contributed by atoms with Gasteiger partial charge in [0.1, 0.15) is 13.6 Å². The molecule has 0 saturated carbocycles. The fourth-order valence-electron chi connectivity index (χ4n) is 1.17. The van der Waals surface area contributed by atoms with Crippen molar-refractivity contribution in [1.82, 2.24) is 0 Å². The van der Waals surface area contributed by atoms with Crippen LogP contribution in [0, 0.1) is 0 Å². The van der Waals surface area contributed by atoms with Crippen molar-refractivity contribution in [2.24, 2.45) is 0 Å². The van der Waals surface area contributed by atoms with Crippen LogP contribution in [0.1, 0.15) is 0 Å². The number of rotatable bonds is 7. The number of hydrogen-bond acceptors (Lipinski definition) is 5. The third-order valence-electron chi connectivity index (χ3n) is 1.48. The molecule has 0 bridgehead atoms. The van der Waals surface area contributed by atoms with Crippen molar-refractivity contribution in [1.29, 1.82) is 0 Å². The van der Waals surface area contributed by atoms with Gasteiger partial charge in [-0.1, -0.05) is 0 Å². The van der Waals surface area contributed by atoms with Gasteiger partial charge in [-0.05, 0) is 26.2 Å². The van der Waals surface area contributed by atoms with Crippen molar-refractivity contribution in [3.63, 3.8) is 0 Å². The van der Waals surface area contributed by atoms with E-state index in [0.29, 0.717) is 6.23 Å². The molecule has 0 aromatic carbocycles. The minimum absolute atomic E-state index is 0.289. The van der Waals surface area contributed by atoms with E-state index in [1.54, 1.807) is 0 Å². The lowest BCUT2D eigenvalue weighted by Crippen LogP contribution is -2.49. The summed E-state index contributed by atoms with van der Waals surface area (Å²) in [6, 6.07) is 0. The first-order valence-corrected chi connectivity index (χ1v) is 10.4. The van der Waals surface area contributed by atoms with Crippen LogP contribution in [0.25, 0.3) is 0 Å². The van der Waals surface area contributed by atoms with E-state index in [1.807, 2.05) is 26.2 Å². The second-order valence-electron chi connectivity index (χ2n) is 4.01. The molecule has 0 radical (unpaired) electrons. The highest BCUT2D eigenvalue weighted by Crippen LogP contribution is 2.15. The summed E-state index contributed by atoms with van der Waals surface area (Å²) < 4.78 is 15.9. The van der Waals surface area contributed by atoms with Gasteiger partial charge in [0.05, 0.1) is 6.23 Å². The molecule has 7 heteroatoms. The Bertz CT molecular complexity index is 162.